The number of likely N-dealkylation sites (N-methyl/N-ethyl adjacent to an activating group) is 1. The predicted octanol–water partition coefficient (Wildman–Crippen LogP) is 3.50. The number of nitriles is 1. The number of nitrogens with one attached hydrogen (secondary N) is 1. The zero-order valence-electron chi connectivity index (χ0n) is 16.8. The standard InChI is InChI=1S/C23H22N6O/c1-28-8-10-29(11-9-28)15-16-4-2-5-17(12-16)22-26-23(30-27-22)20-7-3-6-19-18(13-24)14-25-21(19)20/h2-7,12,14,25H,8-11,15H2,1H3. The first-order chi connectivity index (χ1) is 14.7. The lowest BCUT2D eigenvalue weighted by molar-refractivity contribution is 0.148. The van der Waals surface area contributed by atoms with E-state index in [0.29, 0.717) is 17.3 Å². The number of benzene rings is 2. The van der Waals surface area contributed by atoms with Gasteiger partial charge in [0.25, 0.3) is 5.89 Å². The minimum absolute atomic E-state index is 0.436. The van der Waals surface area contributed by atoms with Crippen LogP contribution >= 0.6 is 0 Å². The fourth-order valence-corrected chi connectivity index (χ4v) is 3.95. The summed E-state index contributed by atoms with van der Waals surface area (Å²) in [5.74, 6) is 1.00. The quantitative estimate of drug-likeness (QED) is 0.566. The Labute approximate surface area is 174 Å². The van der Waals surface area contributed by atoms with E-state index in [2.05, 4.69) is 50.2 Å². The summed E-state index contributed by atoms with van der Waals surface area (Å²) >= 11 is 0. The van der Waals surface area contributed by atoms with Crippen molar-refractivity contribution in [1.82, 2.24) is 24.9 Å². The van der Waals surface area contributed by atoms with E-state index in [-0.39, 0.29) is 0 Å². The van der Waals surface area contributed by atoms with E-state index in [9.17, 15) is 5.26 Å². The zero-order chi connectivity index (χ0) is 20.5. The second-order valence-corrected chi connectivity index (χ2v) is 7.75. The van der Waals surface area contributed by atoms with Gasteiger partial charge in [0, 0.05) is 49.9 Å². The van der Waals surface area contributed by atoms with Crippen molar-refractivity contribution >= 4 is 10.9 Å². The summed E-state index contributed by atoms with van der Waals surface area (Å²) in [6, 6.07) is 16.2. The molecule has 30 heavy (non-hydrogen) atoms. The van der Waals surface area contributed by atoms with Crippen LogP contribution in [-0.2, 0) is 6.54 Å². The molecule has 1 fully saturated rings. The molecule has 1 aliphatic heterocycles. The van der Waals surface area contributed by atoms with Crippen LogP contribution in [-0.4, -0.2) is 58.2 Å². The minimum Gasteiger partial charge on any atom is -0.359 e. The molecule has 1 aliphatic rings. The molecule has 4 aromatic rings. The summed E-state index contributed by atoms with van der Waals surface area (Å²) in [5.41, 5.74) is 4.40. The molecule has 2 aromatic heterocycles. The third-order valence-corrected chi connectivity index (χ3v) is 5.68. The van der Waals surface area contributed by atoms with Crippen molar-refractivity contribution in [2.75, 3.05) is 33.2 Å². The lowest BCUT2D eigenvalue weighted by Gasteiger charge is -2.32. The van der Waals surface area contributed by atoms with Crippen molar-refractivity contribution in [2.45, 2.75) is 6.54 Å². The molecule has 3 heterocycles. The highest BCUT2D eigenvalue weighted by atomic mass is 16.5. The molecule has 0 amide bonds. The minimum atomic E-state index is 0.436. The van der Waals surface area contributed by atoms with Gasteiger partial charge in [0.05, 0.1) is 16.6 Å². The fourth-order valence-electron chi connectivity index (χ4n) is 3.95. The van der Waals surface area contributed by atoms with Gasteiger partial charge in [-0.25, -0.2) is 0 Å². The molecular weight excluding hydrogens is 376 g/mol. The third kappa shape index (κ3) is 3.47. The van der Waals surface area contributed by atoms with Gasteiger partial charge in [-0.05, 0) is 24.7 Å². The number of fused-ring (bicyclic) bond motifs is 1. The van der Waals surface area contributed by atoms with Crippen molar-refractivity contribution in [2.24, 2.45) is 0 Å². The summed E-state index contributed by atoms with van der Waals surface area (Å²) in [6.45, 7) is 5.29. The first-order valence-electron chi connectivity index (χ1n) is 10.1. The molecule has 5 rings (SSSR count). The van der Waals surface area contributed by atoms with Crippen molar-refractivity contribution in [3.05, 3.63) is 59.8 Å². The van der Waals surface area contributed by atoms with Gasteiger partial charge in [-0.1, -0.05) is 35.5 Å². The third-order valence-electron chi connectivity index (χ3n) is 5.68. The molecule has 0 radical (unpaired) electrons. The molecule has 150 valence electrons. The molecule has 0 spiro atoms. The number of H-pyrrole nitrogens is 1. The number of para-hydroxylation sites is 1. The Bertz CT molecular complexity index is 1230. The fraction of sp³-hybridized carbons (Fsp3) is 0.261. The van der Waals surface area contributed by atoms with Gasteiger partial charge in [-0.2, -0.15) is 10.2 Å². The second kappa shape index (κ2) is 7.75. The van der Waals surface area contributed by atoms with E-state index in [1.165, 1.54) is 5.56 Å². The highest BCUT2D eigenvalue weighted by molar-refractivity contribution is 5.95. The molecule has 0 aliphatic carbocycles. The van der Waals surface area contributed by atoms with Crippen molar-refractivity contribution < 1.29 is 4.52 Å². The second-order valence-electron chi connectivity index (χ2n) is 7.75. The molecule has 7 nitrogen and oxygen atoms in total. The van der Waals surface area contributed by atoms with Crippen LogP contribution in [0.1, 0.15) is 11.1 Å². The molecule has 7 heteroatoms. The number of aromatic nitrogens is 3. The van der Waals surface area contributed by atoms with Crippen LogP contribution in [0.4, 0.5) is 0 Å². The number of hydrogen-bond acceptors (Lipinski definition) is 6. The first kappa shape index (κ1) is 18.6. The maximum Gasteiger partial charge on any atom is 0.260 e. The van der Waals surface area contributed by atoms with Gasteiger partial charge in [0.2, 0.25) is 5.82 Å². The van der Waals surface area contributed by atoms with Crippen LogP contribution < -0.4 is 0 Å². The molecule has 0 bridgehead atoms. The van der Waals surface area contributed by atoms with Gasteiger partial charge < -0.3 is 14.4 Å². The van der Waals surface area contributed by atoms with Crippen LogP contribution in [0.5, 0.6) is 0 Å². The van der Waals surface area contributed by atoms with Crippen LogP contribution in [0, 0.1) is 11.3 Å². The Morgan fingerprint density at radius 3 is 2.80 bits per heavy atom. The molecule has 0 unspecified atom stereocenters. The van der Waals surface area contributed by atoms with Crippen LogP contribution in [0.25, 0.3) is 33.7 Å². The number of rotatable bonds is 4. The average molecular weight is 398 g/mol. The summed E-state index contributed by atoms with van der Waals surface area (Å²) in [7, 11) is 2.17. The van der Waals surface area contributed by atoms with E-state index < -0.39 is 0 Å². The molecule has 0 saturated carbocycles. The number of nitrogens with zero attached hydrogens (tertiary/aromatic N) is 5. The smallest absolute Gasteiger partial charge is 0.260 e. The highest BCUT2D eigenvalue weighted by Crippen LogP contribution is 2.30. The van der Waals surface area contributed by atoms with Gasteiger partial charge in [0.15, 0.2) is 0 Å². The summed E-state index contributed by atoms with van der Waals surface area (Å²) in [6.07, 6.45) is 1.70. The summed E-state index contributed by atoms with van der Waals surface area (Å²) in [5, 5.41) is 14.3. The molecule has 0 atom stereocenters. The van der Waals surface area contributed by atoms with Crippen molar-refractivity contribution in [3.63, 3.8) is 0 Å². The molecule has 2 aromatic carbocycles. The maximum atomic E-state index is 9.27. The summed E-state index contributed by atoms with van der Waals surface area (Å²) < 4.78 is 5.58. The van der Waals surface area contributed by atoms with Crippen LogP contribution in [0.15, 0.2) is 53.2 Å². The van der Waals surface area contributed by atoms with E-state index in [0.717, 1.165) is 54.8 Å². The lowest BCUT2D eigenvalue weighted by atomic mass is 10.1. The topological polar surface area (TPSA) is 85.0 Å². The average Bonchev–Trinajstić information content (AvgIpc) is 3.43. The van der Waals surface area contributed by atoms with Crippen molar-refractivity contribution in [3.8, 4) is 28.9 Å². The largest absolute Gasteiger partial charge is 0.359 e. The van der Waals surface area contributed by atoms with Gasteiger partial charge in [-0.3, -0.25) is 4.90 Å². The molecular formula is C23H22N6O. The monoisotopic (exact) mass is 398 g/mol. The lowest BCUT2D eigenvalue weighted by Crippen LogP contribution is -2.43. The number of piperazine rings is 1. The maximum absolute atomic E-state index is 9.27. The van der Waals surface area contributed by atoms with Crippen molar-refractivity contribution in [1.29, 1.82) is 5.26 Å². The highest BCUT2D eigenvalue weighted by Gasteiger charge is 2.17. The Morgan fingerprint density at radius 1 is 1.13 bits per heavy atom. The van der Waals surface area contributed by atoms with Gasteiger partial charge in [-0.15, -0.1) is 0 Å². The zero-order valence-corrected chi connectivity index (χ0v) is 16.8. The van der Waals surface area contributed by atoms with E-state index in [4.69, 9.17) is 4.52 Å². The Hall–Kier alpha value is -3.47. The SMILES string of the molecule is CN1CCN(Cc2cccc(-c3noc(-c4cccc5c(C#N)c[nH]c45)n3)c2)CC1. The van der Waals surface area contributed by atoms with E-state index in [1.54, 1.807) is 6.20 Å². The molecule has 1 N–H and O–H groups in total. The predicted molar refractivity (Wildman–Crippen MR) is 115 cm³/mol. The molecule has 1 saturated heterocycles. The van der Waals surface area contributed by atoms with E-state index in [1.807, 2.05) is 30.3 Å². The van der Waals surface area contributed by atoms with Gasteiger partial charge >= 0.3 is 0 Å². The van der Waals surface area contributed by atoms with Gasteiger partial charge in [0.1, 0.15) is 6.07 Å². The normalized spacial score (nSPS) is 15.5. The Morgan fingerprint density at radius 2 is 1.97 bits per heavy atom. The first-order valence-corrected chi connectivity index (χ1v) is 10.1. The van der Waals surface area contributed by atoms with Crippen LogP contribution in [0.3, 0.4) is 0 Å². The number of aromatic amines is 1. The van der Waals surface area contributed by atoms with E-state index >= 15 is 0 Å². The van der Waals surface area contributed by atoms with Crippen LogP contribution in [0.2, 0.25) is 0 Å². The summed E-state index contributed by atoms with van der Waals surface area (Å²) in [4.78, 5) is 12.6. The Balaban J connectivity index is 1.41. The Kier molecular flexibility index (Phi) is 4.79. The number of hydrogen-bond donors (Lipinski definition) is 1.